The summed E-state index contributed by atoms with van der Waals surface area (Å²) in [4.78, 5) is 13.1. The monoisotopic (exact) mass is 325 g/mol. The molecule has 5 nitrogen and oxygen atoms in total. The van der Waals surface area contributed by atoms with Crippen LogP contribution in [0, 0.1) is 0 Å². The van der Waals surface area contributed by atoms with Crippen molar-refractivity contribution < 1.29 is 33.3 Å². The van der Waals surface area contributed by atoms with Crippen molar-refractivity contribution in [2.24, 2.45) is 0 Å². The Labute approximate surface area is 127 Å². The number of ketones is 1. The normalized spacial score (nSPS) is 30.3. The van der Waals surface area contributed by atoms with Crippen LogP contribution >= 0.6 is 0 Å². The summed E-state index contributed by atoms with van der Waals surface area (Å²) in [6.07, 6.45) is -5.46. The molecule has 0 spiro atoms. The molecule has 1 heterocycles. The minimum Gasteiger partial charge on any atom is -0.395 e. The van der Waals surface area contributed by atoms with Gasteiger partial charge in [-0.25, -0.2) is 0 Å². The van der Waals surface area contributed by atoms with Gasteiger partial charge < -0.3 is 15.3 Å². The van der Waals surface area contributed by atoms with Crippen molar-refractivity contribution in [3.05, 3.63) is 12.2 Å². The highest BCUT2D eigenvalue weighted by Crippen LogP contribution is 2.28. The van der Waals surface area contributed by atoms with E-state index in [9.17, 15) is 33.3 Å². The fourth-order valence-corrected chi connectivity index (χ4v) is 2.69. The van der Waals surface area contributed by atoms with Gasteiger partial charge in [0.25, 0.3) is 0 Å². The average molecular weight is 325 g/mol. The second kappa shape index (κ2) is 8.05. The molecule has 0 bridgehead atoms. The zero-order chi connectivity index (χ0) is 16.9. The number of aliphatic hydroxyl groups excluding tert-OH is 3. The highest BCUT2D eigenvalue weighted by Gasteiger charge is 2.47. The molecule has 4 atom stereocenters. The Morgan fingerprint density at radius 2 is 1.82 bits per heavy atom. The third kappa shape index (κ3) is 5.05. The highest BCUT2D eigenvalue weighted by molar-refractivity contribution is 5.78. The van der Waals surface area contributed by atoms with Crippen molar-refractivity contribution in [2.75, 3.05) is 13.2 Å². The molecular formula is C14H22F3NO4. The fourth-order valence-electron chi connectivity index (χ4n) is 2.69. The third-order valence-electron chi connectivity index (χ3n) is 3.87. The molecule has 0 amide bonds. The maximum absolute atomic E-state index is 12.1. The number of rotatable bonds is 7. The number of allylic oxidation sites excluding steroid dienone is 1. The van der Waals surface area contributed by atoms with Crippen molar-refractivity contribution >= 4 is 5.78 Å². The van der Waals surface area contributed by atoms with Crippen LogP contribution in [0.4, 0.5) is 13.2 Å². The first-order valence-electron chi connectivity index (χ1n) is 7.20. The molecule has 0 aromatic carbocycles. The number of aliphatic hydroxyl groups is 3. The second-order valence-corrected chi connectivity index (χ2v) is 5.37. The Balaban J connectivity index is 2.75. The molecule has 0 aromatic heterocycles. The molecule has 0 aromatic rings. The minimum absolute atomic E-state index is 0.00574. The average Bonchev–Trinajstić information content (AvgIpc) is 2.66. The zero-order valence-corrected chi connectivity index (χ0v) is 12.3. The number of alkyl halides is 3. The summed E-state index contributed by atoms with van der Waals surface area (Å²) < 4.78 is 36.2. The lowest BCUT2D eigenvalue weighted by Crippen LogP contribution is -2.42. The van der Waals surface area contributed by atoms with Crippen LogP contribution in [0.15, 0.2) is 12.2 Å². The number of Topliss-reactive ketones (excluding diaryl/α,β-unsaturated/α-hetero) is 1. The first-order chi connectivity index (χ1) is 10.2. The van der Waals surface area contributed by atoms with E-state index in [1.54, 1.807) is 6.92 Å². The molecule has 128 valence electrons. The van der Waals surface area contributed by atoms with Crippen LogP contribution in [0.1, 0.15) is 26.2 Å². The van der Waals surface area contributed by atoms with Gasteiger partial charge in [-0.2, -0.15) is 13.2 Å². The van der Waals surface area contributed by atoms with Crippen LogP contribution in [-0.2, 0) is 4.79 Å². The largest absolute Gasteiger partial charge is 0.409 e. The van der Waals surface area contributed by atoms with Gasteiger partial charge in [-0.05, 0) is 6.42 Å². The van der Waals surface area contributed by atoms with Crippen molar-refractivity contribution in [3.8, 4) is 0 Å². The lowest BCUT2D eigenvalue weighted by Gasteiger charge is -2.28. The molecule has 1 fully saturated rings. The topological polar surface area (TPSA) is 81.0 Å². The Hall–Kier alpha value is -0.960. The first kappa shape index (κ1) is 19.1. The maximum atomic E-state index is 12.1. The Bertz CT molecular complexity index is 400. The van der Waals surface area contributed by atoms with E-state index in [1.807, 2.05) is 0 Å². The van der Waals surface area contributed by atoms with Gasteiger partial charge in [0.1, 0.15) is 5.78 Å². The smallest absolute Gasteiger partial charge is 0.395 e. The lowest BCUT2D eigenvalue weighted by atomic mass is 10.0. The summed E-state index contributed by atoms with van der Waals surface area (Å²) in [5.74, 6) is -0.120. The molecule has 1 aliphatic rings. The summed E-state index contributed by atoms with van der Waals surface area (Å²) in [6, 6.07) is -1.48. The van der Waals surface area contributed by atoms with Crippen LogP contribution in [0.25, 0.3) is 0 Å². The number of carbonyl (C=O) groups excluding carboxylic acids is 1. The Morgan fingerprint density at radius 1 is 1.23 bits per heavy atom. The molecule has 1 saturated heterocycles. The van der Waals surface area contributed by atoms with Gasteiger partial charge in [-0.15, -0.1) is 0 Å². The van der Waals surface area contributed by atoms with E-state index in [0.29, 0.717) is 0 Å². The molecule has 3 N–H and O–H groups in total. The Kier molecular flexibility index (Phi) is 6.98. The molecule has 0 unspecified atom stereocenters. The summed E-state index contributed by atoms with van der Waals surface area (Å²) in [5.41, 5.74) is 0. The van der Waals surface area contributed by atoms with E-state index < -0.39 is 37.1 Å². The van der Waals surface area contributed by atoms with Gasteiger partial charge in [-0.3, -0.25) is 9.69 Å². The van der Waals surface area contributed by atoms with E-state index in [2.05, 4.69) is 0 Å². The number of nitrogens with zero attached hydrogens (tertiary/aromatic N) is 1. The molecule has 0 aliphatic carbocycles. The molecule has 22 heavy (non-hydrogen) atoms. The van der Waals surface area contributed by atoms with Gasteiger partial charge in [0.2, 0.25) is 0 Å². The number of hydrogen-bond acceptors (Lipinski definition) is 5. The minimum atomic E-state index is -4.39. The van der Waals surface area contributed by atoms with E-state index in [0.717, 1.165) is 6.08 Å². The molecular weight excluding hydrogens is 303 g/mol. The Morgan fingerprint density at radius 3 is 2.32 bits per heavy atom. The van der Waals surface area contributed by atoms with Crippen LogP contribution in [-0.4, -0.2) is 69.6 Å². The van der Waals surface area contributed by atoms with E-state index in [-0.39, 0.29) is 37.7 Å². The van der Waals surface area contributed by atoms with Gasteiger partial charge in [0, 0.05) is 31.5 Å². The summed E-state index contributed by atoms with van der Waals surface area (Å²) in [6.45, 7) is 1.33. The van der Waals surface area contributed by atoms with Crippen LogP contribution in [0.3, 0.4) is 0 Å². The molecule has 1 aliphatic heterocycles. The number of hydrogen-bond donors (Lipinski definition) is 3. The van der Waals surface area contributed by atoms with Crippen molar-refractivity contribution in [2.45, 2.75) is 56.7 Å². The summed E-state index contributed by atoms with van der Waals surface area (Å²) >= 11 is 0. The lowest BCUT2D eigenvalue weighted by molar-refractivity contribution is -0.120. The first-order valence-corrected chi connectivity index (χ1v) is 7.20. The van der Waals surface area contributed by atoms with Crippen LogP contribution in [0.5, 0.6) is 0 Å². The number of carbonyl (C=O) groups is 1. The highest BCUT2D eigenvalue weighted by atomic mass is 19.4. The van der Waals surface area contributed by atoms with Crippen LogP contribution in [0.2, 0.25) is 0 Å². The number of likely N-dealkylation sites (tertiary alicyclic amines) is 1. The fraction of sp³-hybridized carbons (Fsp3) is 0.786. The predicted molar refractivity (Wildman–Crippen MR) is 73.1 cm³/mol. The van der Waals surface area contributed by atoms with Gasteiger partial charge in [0.15, 0.2) is 0 Å². The summed E-state index contributed by atoms with van der Waals surface area (Å²) in [5, 5.41) is 29.2. The number of halogens is 3. The standard InChI is InChI=1S/C14H22F3NO4/c1-2-9(20)7-10-12(21)13(22)11(8-19)18(10)6-4-3-5-14(15,16)17/h3,5,10-13,19,21-22H,2,4,6-8H2,1H3/b5-3-/t10-,11-,12-,13-/m1/s1. The molecule has 1 rings (SSSR count). The SMILES string of the molecule is CCC(=O)C[C@@H]1[C@@H](O)[C@H](O)[C@@H](CO)N1CC/C=C\C(F)(F)F. The van der Waals surface area contributed by atoms with Crippen molar-refractivity contribution in [3.63, 3.8) is 0 Å². The quantitative estimate of drug-likeness (QED) is 0.598. The second-order valence-electron chi connectivity index (χ2n) is 5.37. The van der Waals surface area contributed by atoms with Gasteiger partial charge >= 0.3 is 6.18 Å². The molecule has 0 radical (unpaired) electrons. The van der Waals surface area contributed by atoms with E-state index in [4.69, 9.17) is 0 Å². The predicted octanol–water partition coefficient (Wildman–Crippen LogP) is 0.631. The van der Waals surface area contributed by atoms with Gasteiger partial charge in [-0.1, -0.05) is 13.0 Å². The molecule has 8 heteroatoms. The maximum Gasteiger partial charge on any atom is 0.409 e. The zero-order valence-electron chi connectivity index (χ0n) is 12.3. The van der Waals surface area contributed by atoms with E-state index >= 15 is 0 Å². The third-order valence-corrected chi connectivity index (χ3v) is 3.87. The molecule has 0 saturated carbocycles. The van der Waals surface area contributed by atoms with Crippen molar-refractivity contribution in [1.82, 2.24) is 4.90 Å². The van der Waals surface area contributed by atoms with Crippen molar-refractivity contribution in [1.29, 1.82) is 0 Å². The van der Waals surface area contributed by atoms with Gasteiger partial charge in [0.05, 0.1) is 24.9 Å². The van der Waals surface area contributed by atoms with E-state index in [1.165, 1.54) is 4.90 Å². The van der Waals surface area contributed by atoms with Crippen LogP contribution < -0.4 is 0 Å². The summed E-state index contributed by atoms with van der Waals surface area (Å²) in [7, 11) is 0.